The van der Waals surface area contributed by atoms with Gasteiger partial charge in [-0.3, -0.25) is 14.9 Å². The molecule has 3 aromatic carbocycles. The molecule has 0 saturated carbocycles. The van der Waals surface area contributed by atoms with Gasteiger partial charge in [0.05, 0.1) is 22.9 Å². The van der Waals surface area contributed by atoms with Crippen LogP contribution in [0, 0.1) is 6.92 Å². The van der Waals surface area contributed by atoms with E-state index < -0.39 is 24.1 Å². The van der Waals surface area contributed by atoms with Crippen LogP contribution in [0.2, 0.25) is 10.0 Å². The summed E-state index contributed by atoms with van der Waals surface area (Å²) in [5.41, 5.74) is 4.46. The molecule has 14 heteroatoms. The smallest absolute Gasteiger partial charge is 0.320 e. The highest BCUT2D eigenvalue weighted by Gasteiger charge is 2.22. The molecule has 0 aliphatic rings. The molecule has 0 unspecified atom stereocenters. The first-order valence-corrected chi connectivity index (χ1v) is 17.2. The van der Waals surface area contributed by atoms with Gasteiger partial charge in [0.2, 0.25) is 5.91 Å². The Morgan fingerprint density at radius 2 is 1.63 bits per heavy atom. The molecule has 0 aliphatic carbocycles. The molecule has 0 radical (unpaired) electrons. The third kappa shape index (κ3) is 9.32. The van der Waals surface area contributed by atoms with Crippen molar-refractivity contribution in [1.82, 2.24) is 25.0 Å². The molecule has 2 aromatic heterocycles. The predicted molar refractivity (Wildman–Crippen MR) is 200 cm³/mol. The second kappa shape index (κ2) is 16.4. The molecule has 0 aliphatic heterocycles. The Labute approximate surface area is 311 Å². The highest BCUT2D eigenvalue weighted by atomic mass is 35.5. The Morgan fingerprint density at radius 3 is 2.35 bits per heavy atom. The van der Waals surface area contributed by atoms with Gasteiger partial charge in [0, 0.05) is 36.3 Å². The number of urea groups is 1. The van der Waals surface area contributed by atoms with Crippen LogP contribution in [0.1, 0.15) is 54.4 Å². The number of nitrogens with one attached hydrogen (secondary N) is 3. The Morgan fingerprint density at radius 1 is 0.904 bits per heavy atom. The number of carbonyl (C=O) groups is 2. The molecular formula is C38H40Cl2N6O6. The number of aryl methyl sites for hydroxylation is 1. The molecule has 0 saturated heterocycles. The molecule has 5 aromatic rings. The van der Waals surface area contributed by atoms with Crippen LogP contribution in [0.25, 0.3) is 5.69 Å². The zero-order valence-corrected chi connectivity index (χ0v) is 30.7. The van der Waals surface area contributed by atoms with Crippen molar-refractivity contribution in [3.63, 3.8) is 0 Å². The summed E-state index contributed by atoms with van der Waals surface area (Å²) in [4.78, 5) is 38.0. The molecule has 3 amide bonds. The van der Waals surface area contributed by atoms with E-state index >= 15 is 0 Å². The minimum Gasteiger partial charge on any atom is -0.506 e. The number of benzene rings is 3. The van der Waals surface area contributed by atoms with Crippen molar-refractivity contribution in [2.24, 2.45) is 0 Å². The van der Waals surface area contributed by atoms with Gasteiger partial charge in [0.15, 0.2) is 0 Å². The molecule has 52 heavy (non-hydrogen) atoms. The zero-order chi connectivity index (χ0) is 37.6. The first-order chi connectivity index (χ1) is 24.7. The van der Waals surface area contributed by atoms with Gasteiger partial charge in [0.1, 0.15) is 35.6 Å². The fourth-order valence-corrected chi connectivity index (χ4v) is 5.70. The van der Waals surface area contributed by atoms with E-state index in [2.05, 4.69) is 21.0 Å². The van der Waals surface area contributed by atoms with Gasteiger partial charge in [0.25, 0.3) is 5.56 Å². The lowest BCUT2D eigenvalue weighted by molar-refractivity contribution is -0.123. The Balaban J connectivity index is 1.25. The first-order valence-electron chi connectivity index (χ1n) is 16.4. The molecule has 0 bridgehead atoms. The molecule has 5 rings (SSSR count). The maximum absolute atomic E-state index is 13.3. The zero-order valence-electron chi connectivity index (χ0n) is 29.2. The lowest BCUT2D eigenvalue weighted by Crippen LogP contribution is -2.29. The van der Waals surface area contributed by atoms with Gasteiger partial charge in [-0.05, 0) is 47.4 Å². The lowest BCUT2D eigenvalue weighted by atomic mass is 9.92. The van der Waals surface area contributed by atoms with Crippen LogP contribution in [-0.2, 0) is 36.5 Å². The van der Waals surface area contributed by atoms with E-state index in [1.807, 2.05) is 69.3 Å². The maximum atomic E-state index is 13.3. The van der Waals surface area contributed by atoms with E-state index in [0.29, 0.717) is 17.2 Å². The molecule has 0 fully saturated rings. The number of anilines is 1. The SMILES string of the molecule is Cc1cc(OCc2ccccc2CNC(=O)Nc2cc(C(C)(C)C)nn2-c2ccc(O)c(Cl)c2)c(Cl)c(=O)n1Cc1cccc(CNC(=O)CO)c1. The van der Waals surface area contributed by atoms with Gasteiger partial charge in [-0.2, -0.15) is 5.10 Å². The molecule has 0 spiro atoms. The van der Waals surface area contributed by atoms with Crippen molar-refractivity contribution in [2.45, 2.75) is 59.4 Å². The fraction of sp³-hybridized carbons (Fsp3) is 0.263. The third-order valence-electron chi connectivity index (χ3n) is 8.22. The molecule has 12 nitrogen and oxygen atoms in total. The summed E-state index contributed by atoms with van der Waals surface area (Å²) in [5, 5.41) is 32.0. The number of aliphatic hydroxyl groups is 1. The van der Waals surface area contributed by atoms with E-state index in [0.717, 1.165) is 27.9 Å². The number of nitrogens with zero attached hydrogens (tertiary/aromatic N) is 3. The summed E-state index contributed by atoms with van der Waals surface area (Å²) in [6.07, 6.45) is 0. The highest BCUT2D eigenvalue weighted by Crippen LogP contribution is 2.30. The number of hydrogen-bond acceptors (Lipinski definition) is 7. The van der Waals surface area contributed by atoms with E-state index in [4.69, 9.17) is 33.0 Å². The largest absolute Gasteiger partial charge is 0.506 e. The van der Waals surface area contributed by atoms with Gasteiger partial charge in [-0.15, -0.1) is 0 Å². The summed E-state index contributed by atoms with van der Waals surface area (Å²) in [7, 11) is 0. The number of aromatic hydroxyl groups is 1. The van der Waals surface area contributed by atoms with Crippen LogP contribution in [0.3, 0.4) is 0 Å². The second-order valence-electron chi connectivity index (χ2n) is 13.2. The van der Waals surface area contributed by atoms with Crippen LogP contribution < -0.4 is 26.2 Å². The monoisotopic (exact) mass is 746 g/mol. The van der Waals surface area contributed by atoms with E-state index in [9.17, 15) is 19.5 Å². The minimum atomic E-state index is -0.590. The quantitative estimate of drug-likeness (QED) is 0.102. The number of amides is 3. The fourth-order valence-electron chi connectivity index (χ4n) is 5.32. The number of phenols is 1. The van der Waals surface area contributed by atoms with Crippen molar-refractivity contribution in [3.05, 3.63) is 133 Å². The van der Waals surface area contributed by atoms with Crippen LogP contribution in [0.15, 0.2) is 83.7 Å². The number of phenolic OH excluding ortho intramolecular Hbond substituents is 1. The average Bonchev–Trinajstić information content (AvgIpc) is 3.55. The number of aromatic nitrogens is 3. The third-order valence-corrected chi connectivity index (χ3v) is 8.87. The number of aliphatic hydroxyl groups excluding tert-OH is 1. The van der Waals surface area contributed by atoms with E-state index in [1.165, 1.54) is 6.07 Å². The Kier molecular flexibility index (Phi) is 11.9. The van der Waals surface area contributed by atoms with Gasteiger partial charge in [-0.1, -0.05) is 92.5 Å². The molecule has 272 valence electrons. The average molecular weight is 748 g/mol. The summed E-state index contributed by atoms with van der Waals surface area (Å²) in [6, 6.07) is 22.6. The summed E-state index contributed by atoms with van der Waals surface area (Å²) < 4.78 is 9.17. The number of ether oxygens (including phenoxy) is 1. The second-order valence-corrected chi connectivity index (χ2v) is 14.0. The van der Waals surface area contributed by atoms with Crippen molar-refractivity contribution in [2.75, 3.05) is 11.9 Å². The minimum absolute atomic E-state index is 0.0619. The van der Waals surface area contributed by atoms with Gasteiger partial charge < -0.3 is 30.2 Å². The standard InChI is InChI=1S/C38H40Cl2N6O6/c1-23-14-31(35(40)36(50)45(23)20-25-9-7-8-24(15-25)18-41-34(49)21-47)52-22-27-11-6-5-10-26(27)19-42-37(51)43-33-17-32(38(2,3)4)44-46(33)28-12-13-30(48)29(39)16-28/h5-17,47-48H,18-22H2,1-4H3,(H,41,49)(H2,42,43,51). The molecule has 0 atom stereocenters. The van der Waals surface area contributed by atoms with Gasteiger partial charge >= 0.3 is 6.03 Å². The van der Waals surface area contributed by atoms with E-state index in [-0.39, 0.29) is 53.2 Å². The summed E-state index contributed by atoms with van der Waals surface area (Å²) in [5.74, 6) is 0.115. The van der Waals surface area contributed by atoms with Crippen molar-refractivity contribution in [3.8, 4) is 17.2 Å². The van der Waals surface area contributed by atoms with Crippen LogP contribution >= 0.6 is 23.2 Å². The van der Waals surface area contributed by atoms with Crippen LogP contribution in [0.5, 0.6) is 11.5 Å². The highest BCUT2D eigenvalue weighted by molar-refractivity contribution is 6.32. The molecular weight excluding hydrogens is 707 g/mol. The molecule has 2 heterocycles. The van der Waals surface area contributed by atoms with Crippen molar-refractivity contribution >= 4 is 41.0 Å². The predicted octanol–water partition coefficient (Wildman–Crippen LogP) is 6.21. The topological polar surface area (TPSA) is 160 Å². The summed E-state index contributed by atoms with van der Waals surface area (Å²) in [6.45, 7) is 8.01. The number of pyridine rings is 1. The number of rotatable bonds is 12. The number of halogens is 2. The normalized spacial score (nSPS) is 11.3. The van der Waals surface area contributed by atoms with Crippen LogP contribution in [-0.4, -0.2) is 43.1 Å². The van der Waals surface area contributed by atoms with Crippen molar-refractivity contribution < 1.29 is 24.5 Å². The van der Waals surface area contributed by atoms with Gasteiger partial charge in [-0.25, -0.2) is 9.48 Å². The Bertz CT molecular complexity index is 2160. The maximum Gasteiger partial charge on any atom is 0.320 e. The van der Waals surface area contributed by atoms with Crippen molar-refractivity contribution in [1.29, 1.82) is 0 Å². The lowest BCUT2D eigenvalue weighted by Gasteiger charge is -2.16. The first kappa shape index (κ1) is 37.9. The number of hydrogen-bond donors (Lipinski definition) is 5. The Hall–Kier alpha value is -5.30. The number of carbonyl (C=O) groups excluding carboxylic acids is 2. The van der Waals surface area contributed by atoms with Crippen LogP contribution in [0.4, 0.5) is 10.6 Å². The summed E-state index contributed by atoms with van der Waals surface area (Å²) >= 11 is 12.7. The molecule has 5 N–H and O–H groups in total. The van der Waals surface area contributed by atoms with E-state index in [1.54, 1.807) is 40.4 Å².